The number of halogens is 2. The number of rotatable bonds is 7. The third-order valence-electron chi connectivity index (χ3n) is 3.60. The van der Waals surface area contributed by atoms with Gasteiger partial charge in [0.1, 0.15) is 0 Å². The number of nitrogens with one attached hydrogen (secondary N) is 2. The molecular weight excluding hydrogens is 349 g/mol. The van der Waals surface area contributed by atoms with E-state index in [-0.39, 0.29) is 43.4 Å². The van der Waals surface area contributed by atoms with Gasteiger partial charge in [0, 0.05) is 31.9 Å². The van der Waals surface area contributed by atoms with Crippen LogP contribution >= 0.6 is 24.8 Å². The second-order valence-corrected chi connectivity index (χ2v) is 6.17. The Bertz CT molecular complexity index is 460. The molecule has 1 unspecified atom stereocenters. The van der Waals surface area contributed by atoms with Crippen LogP contribution in [0.4, 0.5) is 5.69 Å². The number of nitrogens with zero attached hydrogens (tertiary/aromatic N) is 1. The molecule has 2 rings (SSSR count). The van der Waals surface area contributed by atoms with Gasteiger partial charge in [-0.3, -0.25) is 9.69 Å². The molecule has 2 N–H and O–H groups in total. The smallest absolute Gasteiger partial charge is 0.239 e. The molecule has 24 heavy (non-hydrogen) atoms. The molecule has 0 aromatic heterocycles. The molecule has 1 atom stereocenters. The average molecular weight is 378 g/mol. The van der Waals surface area contributed by atoms with Crippen molar-refractivity contribution >= 4 is 36.4 Å². The Morgan fingerprint density at radius 3 is 2.67 bits per heavy atom. The largest absolute Gasteiger partial charge is 0.376 e. The molecule has 1 aliphatic rings. The molecule has 0 saturated carbocycles. The van der Waals surface area contributed by atoms with Gasteiger partial charge in [-0.25, -0.2) is 0 Å². The van der Waals surface area contributed by atoms with Crippen LogP contribution in [-0.2, 0) is 9.53 Å². The fourth-order valence-corrected chi connectivity index (χ4v) is 2.61. The van der Waals surface area contributed by atoms with E-state index >= 15 is 0 Å². The summed E-state index contributed by atoms with van der Waals surface area (Å²) < 4.78 is 5.73. The van der Waals surface area contributed by atoms with Crippen molar-refractivity contribution in [1.82, 2.24) is 10.2 Å². The topological polar surface area (TPSA) is 53.6 Å². The van der Waals surface area contributed by atoms with Gasteiger partial charge in [-0.15, -0.1) is 24.8 Å². The first-order valence-electron chi connectivity index (χ1n) is 8.03. The van der Waals surface area contributed by atoms with Crippen LogP contribution in [0.15, 0.2) is 30.3 Å². The quantitative estimate of drug-likeness (QED) is 0.765. The van der Waals surface area contributed by atoms with Crippen molar-refractivity contribution in [2.75, 3.05) is 44.6 Å². The molecule has 1 amide bonds. The van der Waals surface area contributed by atoms with E-state index in [1.54, 1.807) is 0 Å². The lowest BCUT2D eigenvalue weighted by Crippen LogP contribution is -2.48. The van der Waals surface area contributed by atoms with Gasteiger partial charge in [-0.1, -0.05) is 32.0 Å². The first-order valence-corrected chi connectivity index (χ1v) is 8.03. The van der Waals surface area contributed by atoms with Crippen LogP contribution in [-0.4, -0.2) is 56.2 Å². The Morgan fingerprint density at radius 2 is 2.00 bits per heavy atom. The van der Waals surface area contributed by atoms with Crippen LogP contribution in [0, 0.1) is 5.92 Å². The number of carbonyl (C=O) groups excluding carboxylic acids is 1. The monoisotopic (exact) mass is 377 g/mol. The summed E-state index contributed by atoms with van der Waals surface area (Å²) in [5.74, 6) is 0.650. The van der Waals surface area contributed by atoms with Crippen molar-refractivity contribution in [3.8, 4) is 0 Å². The maximum absolute atomic E-state index is 11.9. The van der Waals surface area contributed by atoms with Crippen molar-refractivity contribution in [3.05, 3.63) is 30.3 Å². The summed E-state index contributed by atoms with van der Waals surface area (Å²) in [5, 5.41) is 6.05. The van der Waals surface area contributed by atoms with Crippen LogP contribution in [0.25, 0.3) is 0 Å². The van der Waals surface area contributed by atoms with Crippen molar-refractivity contribution in [1.29, 1.82) is 0 Å². The van der Waals surface area contributed by atoms with Crippen LogP contribution in [0.5, 0.6) is 0 Å². The summed E-state index contributed by atoms with van der Waals surface area (Å²) >= 11 is 0. The first kappa shape index (κ1) is 23.0. The maximum atomic E-state index is 11.9. The summed E-state index contributed by atoms with van der Waals surface area (Å²) in [5.41, 5.74) is 0.953. The van der Waals surface area contributed by atoms with Crippen LogP contribution in [0.2, 0.25) is 0 Å². The predicted octanol–water partition coefficient (Wildman–Crippen LogP) is 2.42. The summed E-state index contributed by atoms with van der Waals surface area (Å²) in [6.07, 6.45) is 0.0909. The highest BCUT2D eigenvalue weighted by atomic mass is 35.5. The van der Waals surface area contributed by atoms with E-state index in [1.165, 1.54) is 0 Å². The molecule has 1 aromatic rings. The zero-order valence-electron chi connectivity index (χ0n) is 14.4. The molecule has 1 saturated heterocycles. The molecule has 0 radical (unpaired) electrons. The minimum atomic E-state index is -0.00608. The summed E-state index contributed by atoms with van der Waals surface area (Å²) in [6.45, 7) is 9.01. The number of morpholine rings is 1. The van der Waals surface area contributed by atoms with Crippen molar-refractivity contribution in [3.63, 3.8) is 0 Å². The number of anilines is 1. The Morgan fingerprint density at radius 1 is 1.29 bits per heavy atom. The molecule has 138 valence electrons. The van der Waals surface area contributed by atoms with E-state index in [0.29, 0.717) is 12.5 Å². The normalized spacial score (nSPS) is 17.5. The molecule has 5 nitrogen and oxygen atoms in total. The lowest BCUT2D eigenvalue weighted by Gasteiger charge is -2.33. The number of benzene rings is 1. The highest BCUT2D eigenvalue weighted by Gasteiger charge is 2.21. The first-order chi connectivity index (χ1) is 10.6. The second kappa shape index (κ2) is 12.4. The molecule has 1 aliphatic heterocycles. The Hall–Kier alpha value is -1.01. The van der Waals surface area contributed by atoms with Crippen LogP contribution < -0.4 is 10.6 Å². The second-order valence-electron chi connectivity index (χ2n) is 6.17. The highest BCUT2D eigenvalue weighted by molar-refractivity contribution is 5.85. The number of hydrogen-bond donors (Lipinski definition) is 2. The number of amides is 1. The standard InChI is InChI=1S/C17H27N3O2.2ClH/c1-14(2)12-20-8-9-22-16(13-20)10-19-17(21)11-18-15-6-4-3-5-7-15;;/h3-7,14,16,18H,8-13H2,1-2H3,(H,19,21);2*1H. The summed E-state index contributed by atoms with van der Waals surface area (Å²) in [4.78, 5) is 14.3. The lowest BCUT2D eigenvalue weighted by atomic mass is 10.2. The average Bonchev–Trinajstić information content (AvgIpc) is 2.52. The van der Waals surface area contributed by atoms with E-state index in [9.17, 15) is 4.79 Å². The zero-order chi connectivity index (χ0) is 15.8. The van der Waals surface area contributed by atoms with Gasteiger partial charge in [-0.2, -0.15) is 0 Å². The van der Waals surface area contributed by atoms with E-state index in [0.717, 1.165) is 31.9 Å². The predicted molar refractivity (Wildman–Crippen MR) is 103 cm³/mol. The van der Waals surface area contributed by atoms with E-state index in [1.807, 2.05) is 30.3 Å². The number of hydrogen-bond acceptors (Lipinski definition) is 4. The molecule has 1 aromatic carbocycles. The van der Waals surface area contributed by atoms with E-state index in [2.05, 4.69) is 29.4 Å². The lowest BCUT2D eigenvalue weighted by molar-refractivity contribution is -0.120. The summed E-state index contributed by atoms with van der Waals surface area (Å²) in [7, 11) is 0. The highest BCUT2D eigenvalue weighted by Crippen LogP contribution is 2.07. The van der Waals surface area contributed by atoms with Gasteiger partial charge >= 0.3 is 0 Å². The number of ether oxygens (including phenoxy) is 1. The molecule has 0 bridgehead atoms. The molecule has 0 spiro atoms. The van der Waals surface area contributed by atoms with Crippen LogP contribution in [0.1, 0.15) is 13.8 Å². The summed E-state index contributed by atoms with van der Waals surface area (Å²) in [6, 6.07) is 9.73. The van der Waals surface area contributed by atoms with Gasteiger partial charge in [0.05, 0.1) is 19.3 Å². The SMILES string of the molecule is CC(C)CN1CCOC(CNC(=O)CNc2ccccc2)C1.Cl.Cl. The molecule has 1 fully saturated rings. The fourth-order valence-electron chi connectivity index (χ4n) is 2.61. The van der Waals surface area contributed by atoms with Gasteiger partial charge in [0.25, 0.3) is 0 Å². The minimum absolute atomic E-state index is 0. The molecule has 7 heteroatoms. The zero-order valence-corrected chi connectivity index (χ0v) is 16.0. The van der Waals surface area contributed by atoms with Crippen molar-refractivity contribution in [2.24, 2.45) is 5.92 Å². The van der Waals surface area contributed by atoms with Gasteiger partial charge in [0.15, 0.2) is 0 Å². The number of carbonyl (C=O) groups is 1. The van der Waals surface area contributed by atoms with Crippen LogP contribution in [0.3, 0.4) is 0 Å². The molecule has 0 aliphatic carbocycles. The Balaban J connectivity index is 0.00000264. The van der Waals surface area contributed by atoms with Gasteiger partial charge in [0.2, 0.25) is 5.91 Å². The Kier molecular flexibility index (Phi) is 11.8. The van der Waals surface area contributed by atoms with Crippen molar-refractivity contribution in [2.45, 2.75) is 20.0 Å². The molecule has 1 heterocycles. The third-order valence-corrected chi connectivity index (χ3v) is 3.60. The van der Waals surface area contributed by atoms with Crippen molar-refractivity contribution < 1.29 is 9.53 Å². The third kappa shape index (κ3) is 8.73. The molecular formula is C17H29Cl2N3O2. The minimum Gasteiger partial charge on any atom is -0.376 e. The van der Waals surface area contributed by atoms with Gasteiger partial charge < -0.3 is 15.4 Å². The maximum Gasteiger partial charge on any atom is 0.239 e. The van der Waals surface area contributed by atoms with E-state index < -0.39 is 0 Å². The van der Waals surface area contributed by atoms with Gasteiger partial charge in [-0.05, 0) is 18.1 Å². The Labute approximate surface area is 157 Å². The van der Waals surface area contributed by atoms with E-state index in [4.69, 9.17) is 4.74 Å². The fraction of sp³-hybridized carbons (Fsp3) is 0.588. The number of para-hydroxylation sites is 1.